The van der Waals surface area contributed by atoms with E-state index in [2.05, 4.69) is 5.32 Å². The van der Waals surface area contributed by atoms with Crippen LogP contribution in [0, 0.1) is 5.92 Å². The van der Waals surface area contributed by atoms with Crippen LogP contribution in [0.1, 0.15) is 16.8 Å². The number of hydrogen-bond acceptors (Lipinski definition) is 3. The predicted molar refractivity (Wildman–Crippen MR) is 83.8 cm³/mol. The van der Waals surface area contributed by atoms with Crippen molar-refractivity contribution in [2.24, 2.45) is 5.92 Å². The number of aliphatic carboxylic acids is 1. The molecule has 0 radical (unpaired) electrons. The largest absolute Gasteiger partial charge is 0.481 e. The van der Waals surface area contributed by atoms with Crippen LogP contribution >= 0.6 is 11.6 Å². The number of carboxylic acid groups (broad SMARTS) is 1. The van der Waals surface area contributed by atoms with Crippen LogP contribution in [-0.2, 0) is 4.79 Å². The SMILES string of the molecule is O=C(O)[C@H]1CCN(C(=O)c2cc(N3CCNC3=O)ccc2Cl)C1. The van der Waals surface area contributed by atoms with Crippen molar-refractivity contribution in [2.75, 3.05) is 31.1 Å². The number of anilines is 1. The van der Waals surface area contributed by atoms with Crippen molar-refractivity contribution in [3.05, 3.63) is 28.8 Å². The molecule has 7 nitrogen and oxygen atoms in total. The highest BCUT2D eigenvalue weighted by molar-refractivity contribution is 6.34. The van der Waals surface area contributed by atoms with Gasteiger partial charge in [0.1, 0.15) is 0 Å². The summed E-state index contributed by atoms with van der Waals surface area (Å²) in [5.74, 6) is -1.74. The Hall–Kier alpha value is -2.28. The van der Waals surface area contributed by atoms with E-state index in [0.717, 1.165) is 0 Å². The lowest BCUT2D eigenvalue weighted by atomic mass is 10.1. The van der Waals surface area contributed by atoms with Crippen molar-refractivity contribution >= 4 is 35.2 Å². The molecule has 2 fully saturated rings. The minimum absolute atomic E-state index is 0.179. The van der Waals surface area contributed by atoms with Crippen LogP contribution in [0.4, 0.5) is 10.5 Å². The van der Waals surface area contributed by atoms with Gasteiger partial charge in [-0.05, 0) is 24.6 Å². The summed E-state index contributed by atoms with van der Waals surface area (Å²) in [5, 5.41) is 12.0. The van der Waals surface area contributed by atoms with E-state index in [4.69, 9.17) is 16.7 Å². The molecule has 23 heavy (non-hydrogen) atoms. The average molecular weight is 338 g/mol. The molecule has 0 spiro atoms. The molecule has 1 aromatic rings. The van der Waals surface area contributed by atoms with Crippen molar-refractivity contribution in [3.8, 4) is 0 Å². The van der Waals surface area contributed by atoms with Crippen LogP contribution in [0.5, 0.6) is 0 Å². The van der Waals surface area contributed by atoms with Gasteiger partial charge in [0.15, 0.2) is 0 Å². The first-order chi connectivity index (χ1) is 11.0. The minimum Gasteiger partial charge on any atom is -0.481 e. The van der Waals surface area contributed by atoms with E-state index < -0.39 is 11.9 Å². The highest BCUT2D eigenvalue weighted by atomic mass is 35.5. The zero-order valence-corrected chi connectivity index (χ0v) is 13.0. The fourth-order valence-corrected chi connectivity index (χ4v) is 3.08. The first kappa shape index (κ1) is 15.6. The van der Waals surface area contributed by atoms with Crippen LogP contribution in [0.15, 0.2) is 18.2 Å². The monoisotopic (exact) mass is 337 g/mol. The third-order valence-electron chi connectivity index (χ3n) is 4.17. The normalized spacial score (nSPS) is 20.7. The molecular weight excluding hydrogens is 322 g/mol. The number of benzene rings is 1. The maximum atomic E-state index is 12.6. The fraction of sp³-hybridized carbons (Fsp3) is 0.400. The van der Waals surface area contributed by atoms with Gasteiger partial charge in [0.25, 0.3) is 5.91 Å². The zero-order valence-electron chi connectivity index (χ0n) is 12.3. The van der Waals surface area contributed by atoms with E-state index in [0.29, 0.717) is 31.7 Å². The molecule has 8 heteroatoms. The first-order valence-electron chi connectivity index (χ1n) is 7.34. The Labute approximate surface area is 137 Å². The van der Waals surface area contributed by atoms with Crippen molar-refractivity contribution in [2.45, 2.75) is 6.42 Å². The lowest BCUT2D eigenvalue weighted by Gasteiger charge is -2.19. The summed E-state index contributed by atoms with van der Waals surface area (Å²) in [6.07, 6.45) is 0.437. The van der Waals surface area contributed by atoms with E-state index in [1.807, 2.05) is 0 Å². The topological polar surface area (TPSA) is 89.9 Å². The molecule has 3 rings (SSSR count). The lowest BCUT2D eigenvalue weighted by molar-refractivity contribution is -0.141. The van der Waals surface area contributed by atoms with E-state index in [-0.39, 0.29) is 29.1 Å². The van der Waals surface area contributed by atoms with E-state index >= 15 is 0 Å². The molecule has 2 aliphatic heterocycles. The number of rotatable bonds is 3. The van der Waals surface area contributed by atoms with Gasteiger partial charge in [-0.15, -0.1) is 0 Å². The standard InChI is InChI=1S/C15H16ClN3O4/c16-12-2-1-10(19-6-4-17-15(19)23)7-11(12)13(20)18-5-3-9(8-18)14(21)22/h1-2,7,9H,3-6,8H2,(H,17,23)(H,21,22)/t9-/m0/s1. The minimum atomic E-state index is -0.895. The molecule has 0 unspecified atom stereocenters. The smallest absolute Gasteiger partial charge is 0.321 e. The van der Waals surface area contributed by atoms with E-state index in [1.54, 1.807) is 18.2 Å². The van der Waals surface area contributed by atoms with Gasteiger partial charge in [0.05, 0.1) is 16.5 Å². The molecule has 0 saturated carbocycles. The predicted octanol–water partition coefficient (Wildman–Crippen LogP) is 1.42. The Morgan fingerprint density at radius 2 is 2.09 bits per heavy atom. The highest BCUT2D eigenvalue weighted by Crippen LogP contribution is 2.27. The number of amides is 3. The number of hydrogen-bond donors (Lipinski definition) is 2. The maximum absolute atomic E-state index is 12.6. The van der Waals surface area contributed by atoms with Crippen LogP contribution in [-0.4, -0.2) is 54.1 Å². The Morgan fingerprint density at radius 1 is 1.30 bits per heavy atom. The maximum Gasteiger partial charge on any atom is 0.321 e. The molecule has 1 atom stereocenters. The number of nitrogens with zero attached hydrogens (tertiary/aromatic N) is 2. The number of carboxylic acids is 1. The van der Waals surface area contributed by atoms with E-state index in [1.165, 1.54) is 9.80 Å². The second-order valence-electron chi connectivity index (χ2n) is 5.62. The molecule has 0 aliphatic carbocycles. The van der Waals surface area contributed by atoms with Crippen LogP contribution in [0.3, 0.4) is 0 Å². The quantitative estimate of drug-likeness (QED) is 0.872. The fourth-order valence-electron chi connectivity index (χ4n) is 2.88. The second-order valence-corrected chi connectivity index (χ2v) is 6.03. The summed E-state index contributed by atoms with van der Waals surface area (Å²) in [6, 6.07) is 4.65. The van der Waals surface area contributed by atoms with Gasteiger partial charge < -0.3 is 15.3 Å². The number of carbonyl (C=O) groups is 3. The molecule has 2 saturated heterocycles. The van der Waals surface area contributed by atoms with Gasteiger partial charge in [0, 0.05) is 31.9 Å². The van der Waals surface area contributed by atoms with Gasteiger partial charge in [0.2, 0.25) is 0 Å². The van der Waals surface area contributed by atoms with Gasteiger partial charge in [-0.1, -0.05) is 11.6 Å². The second kappa shape index (κ2) is 6.08. The molecule has 2 N–H and O–H groups in total. The van der Waals surface area contributed by atoms with Crippen LogP contribution < -0.4 is 10.2 Å². The van der Waals surface area contributed by atoms with Crippen LogP contribution in [0.2, 0.25) is 5.02 Å². The summed E-state index contributed by atoms with van der Waals surface area (Å²) < 4.78 is 0. The van der Waals surface area contributed by atoms with Gasteiger partial charge in [-0.2, -0.15) is 0 Å². The molecule has 0 bridgehead atoms. The molecular formula is C15H16ClN3O4. The number of likely N-dealkylation sites (tertiary alicyclic amines) is 1. The highest BCUT2D eigenvalue weighted by Gasteiger charge is 2.32. The summed E-state index contributed by atoms with van der Waals surface area (Å²) in [7, 11) is 0. The number of urea groups is 1. The van der Waals surface area contributed by atoms with E-state index in [9.17, 15) is 14.4 Å². The third kappa shape index (κ3) is 2.96. The molecule has 2 aliphatic rings. The summed E-state index contributed by atoms with van der Waals surface area (Å²) in [6.45, 7) is 1.65. The van der Waals surface area contributed by atoms with Crippen molar-refractivity contribution in [1.29, 1.82) is 0 Å². The van der Waals surface area contributed by atoms with Crippen LogP contribution in [0.25, 0.3) is 0 Å². The summed E-state index contributed by atoms with van der Waals surface area (Å²) >= 11 is 6.13. The Bertz CT molecular complexity index is 679. The molecule has 1 aromatic carbocycles. The van der Waals surface area contributed by atoms with Crippen molar-refractivity contribution in [3.63, 3.8) is 0 Å². The third-order valence-corrected chi connectivity index (χ3v) is 4.50. The number of halogens is 1. The first-order valence-corrected chi connectivity index (χ1v) is 7.72. The Balaban J connectivity index is 1.83. The zero-order chi connectivity index (χ0) is 16.6. The van der Waals surface area contributed by atoms with Gasteiger partial charge in [-0.25, -0.2) is 4.79 Å². The van der Waals surface area contributed by atoms with Gasteiger partial charge >= 0.3 is 12.0 Å². The van der Waals surface area contributed by atoms with Crippen molar-refractivity contribution < 1.29 is 19.5 Å². The number of carbonyl (C=O) groups excluding carboxylic acids is 2. The van der Waals surface area contributed by atoms with Crippen molar-refractivity contribution in [1.82, 2.24) is 10.2 Å². The Kier molecular flexibility index (Phi) is 4.12. The Morgan fingerprint density at radius 3 is 2.70 bits per heavy atom. The molecule has 0 aromatic heterocycles. The molecule has 2 heterocycles. The lowest BCUT2D eigenvalue weighted by Crippen LogP contribution is -2.31. The van der Waals surface area contributed by atoms with Gasteiger partial charge in [-0.3, -0.25) is 14.5 Å². The summed E-state index contributed by atoms with van der Waals surface area (Å²) in [5.41, 5.74) is 0.886. The molecule has 3 amide bonds. The number of nitrogens with one attached hydrogen (secondary N) is 1. The average Bonchev–Trinajstić information content (AvgIpc) is 3.16. The summed E-state index contributed by atoms with van der Waals surface area (Å²) in [4.78, 5) is 38.4. The molecule has 122 valence electrons.